The van der Waals surface area contributed by atoms with Crippen molar-refractivity contribution in [2.45, 2.75) is 13.8 Å². The molecule has 7 nitrogen and oxygen atoms in total. The molecule has 0 unspecified atom stereocenters. The van der Waals surface area contributed by atoms with Crippen LogP contribution in [0.4, 0.5) is 17.1 Å². The van der Waals surface area contributed by atoms with Crippen molar-refractivity contribution < 1.29 is 9.53 Å². The Labute approximate surface area is 182 Å². The number of nitrogens with two attached hydrogens (primary N) is 1. The Morgan fingerprint density at radius 3 is 2.65 bits per heavy atom. The number of anilines is 3. The zero-order chi connectivity index (χ0) is 22.0. The van der Waals surface area contributed by atoms with Crippen molar-refractivity contribution in [3.05, 3.63) is 53.7 Å². The lowest BCUT2D eigenvalue weighted by molar-refractivity contribution is 0.100. The Balaban J connectivity index is 1.88. The number of carbonyl (C=O) groups is 1. The molecule has 0 atom stereocenters. The fourth-order valence-corrected chi connectivity index (χ4v) is 3.96. The smallest absolute Gasteiger partial charge is 0.252 e. The summed E-state index contributed by atoms with van der Waals surface area (Å²) in [7, 11) is 2.13. The minimum atomic E-state index is -0.514. The summed E-state index contributed by atoms with van der Waals surface area (Å²) in [5.74, 6) is 0.292. The maximum absolute atomic E-state index is 12.2. The predicted octanol–water partition coefficient (Wildman–Crippen LogP) is 3.54. The van der Waals surface area contributed by atoms with Crippen molar-refractivity contribution in [2.75, 3.05) is 50.1 Å². The summed E-state index contributed by atoms with van der Waals surface area (Å²) in [6.07, 6.45) is 1.54. The van der Waals surface area contributed by atoms with E-state index in [4.69, 9.17) is 10.5 Å². The Morgan fingerprint density at radius 2 is 1.97 bits per heavy atom. The van der Waals surface area contributed by atoms with Gasteiger partial charge in [-0.25, -0.2) is 0 Å². The highest BCUT2D eigenvalue weighted by Crippen LogP contribution is 2.38. The number of amides is 1. The van der Waals surface area contributed by atoms with E-state index in [2.05, 4.69) is 33.2 Å². The van der Waals surface area contributed by atoms with E-state index in [-0.39, 0.29) is 0 Å². The number of hydrogen-bond acceptors (Lipinski definition) is 6. The number of primary amides is 1. The average molecular weight is 420 g/mol. The predicted molar refractivity (Wildman–Crippen MR) is 126 cm³/mol. The van der Waals surface area contributed by atoms with Crippen LogP contribution in [0.3, 0.4) is 0 Å². The lowest BCUT2D eigenvalue weighted by atomic mass is 10.1. The second-order valence-corrected chi connectivity index (χ2v) is 7.97. The summed E-state index contributed by atoms with van der Waals surface area (Å²) in [6.45, 7) is 8.36. The van der Waals surface area contributed by atoms with Gasteiger partial charge in [0.15, 0.2) is 0 Å². The summed E-state index contributed by atoms with van der Waals surface area (Å²) in [4.78, 5) is 21.4. The summed E-state index contributed by atoms with van der Waals surface area (Å²) in [5, 5.41) is 4.26. The van der Waals surface area contributed by atoms with Gasteiger partial charge < -0.3 is 25.6 Å². The summed E-state index contributed by atoms with van der Waals surface area (Å²) >= 11 is 0. The number of likely N-dealkylation sites (N-methyl/N-ethyl adjacent to an activating group) is 1. The maximum atomic E-state index is 12.2. The number of fused-ring (bicyclic) bond motifs is 1. The molecule has 0 aliphatic carbocycles. The number of nitrogens with one attached hydrogen (secondary N) is 1. The second kappa shape index (κ2) is 8.81. The van der Waals surface area contributed by atoms with Gasteiger partial charge in [0.2, 0.25) is 0 Å². The summed E-state index contributed by atoms with van der Waals surface area (Å²) in [5.41, 5.74) is 10.5. The number of ether oxygens (including phenoxy) is 1. The van der Waals surface area contributed by atoms with E-state index in [9.17, 15) is 4.79 Å². The highest BCUT2D eigenvalue weighted by atomic mass is 16.5. The third kappa shape index (κ3) is 4.41. The van der Waals surface area contributed by atoms with Crippen LogP contribution in [-0.2, 0) is 0 Å². The molecule has 162 valence electrons. The summed E-state index contributed by atoms with van der Waals surface area (Å²) < 4.78 is 5.97. The maximum Gasteiger partial charge on any atom is 0.252 e. The van der Waals surface area contributed by atoms with Crippen LogP contribution in [0.5, 0.6) is 5.75 Å². The van der Waals surface area contributed by atoms with Crippen LogP contribution >= 0.6 is 0 Å². The number of nitrogens with zero attached hydrogens (tertiary/aromatic N) is 3. The van der Waals surface area contributed by atoms with Crippen LogP contribution in [0.25, 0.3) is 10.9 Å². The molecular formula is C24H29N5O2. The number of benzene rings is 2. The van der Waals surface area contributed by atoms with Crippen LogP contribution < -0.4 is 20.7 Å². The zero-order valence-corrected chi connectivity index (χ0v) is 18.3. The van der Waals surface area contributed by atoms with Crippen molar-refractivity contribution in [3.63, 3.8) is 0 Å². The molecule has 3 N–H and O–H groups in total. The lowest BCUT2D eigenvalue weighted by Gasteiger charge is -2.35. The van der Waals surface area contributed by atoms with Gasteiger partial charge in [0, 0.05) is 49.5 Å². The minimum Gasteiger partial charge on any atom is -0.492 e. The molecule has 1 aliphatic rings. The number of carbonyl (C=O) groups excluding carboxylic acids is 1. The third-order valence-corrected chi connectivity index (χ3v) is 5.65. The van der Waals surface area contributed by atoms with Gasteiger partial charge in [-0.3, -0.25) is 9.78 Å². The third-order valence-electron chi connectivity index (χ3n) is 5.65. The van der Waals surface area contributed by atoms with Crippen LogP contribution in [0.15, 0.2) is 42.6 Å². The lowest BCUT2D eigenvalue weighted by Crippen LogP contribution is -2.44. The molecule has 0 saturated carbocycles. The van der Waals surface area contributed by atoms with E-state index >= 15 is 0 Å². The van der Waals surface area contributed by atoms with Crippen molar-refractivity contribution in [3.8, 4) is 5.75 Å². The SMILES string of the molecule is CCOc1cc2ncc(C(N)=O)c(Nc3cccc(C)c3)c2cc1N1CCN(C)CC1. The average Bonchev–Trinajstić information content (AvgIpc) is 2.74. The molecule has 0 spiro atoms. The normalized spacial score (nSPS) is 14.6. The highest BCUT2D eigenvalue weighted by molar-refractivity contribution is 6.08. The van der Waals surface area contributed by atoms with Gasteiger partial charge in [-0.05, 0) is 44.7 Å². The molecular weight excluding hydrogens is 390 g/mol. The molecule has 1 amide bonds. The van der Waals surface area contributed by atoms with Gasteiger partial charge in [0.1, 0.15) is 5.75 Å². The van der Waals surface area contributed by atoms with Gasteiger partial charge in [-0.1, -0.05) is 12.1 Å². The minimum absolute atomic E-state index is 0.363. The molecule has 1 aliphatic heterocycles. The Kier molecular flexibility index (Phi) is 5.95. The van der Waals surface area contributed by atoms with Gasteiger partial charge in [0.05, 0.1) is 29.1 Å². The second-order valence-electron chi connectivity index (χ2n) is 7.97. The van der Waals surface area contributed by atoms with E-state index in [0.717, 1.165) is 59.8 Å². The van der Waals surface area contributed by atoms with E-state index in [1.807, 2.05) is 44.2 Å². The van der Waals surface area contributed by atoms with Gasteiger partial charge in [-0.2, -0.15) is 0 Å². The number of piperazine rings is 1. The molecule has 1 saturated heterocycles. The van der Waals surface area contributed by atoms with Crippen molar-refractivity contribution in [1.82, 2.24) is 9.88 Å². The highest BCUT2D eigenvalue weighted by Gasteiger charge is 2.21. The van der Waals surface area contributed by atoms with Crippen molar-refractivity contribution >= 4 is 33.9 Å². The van der Waals surface area contributed by atoms with E-state index < -0.39 is 5.91 Å². The van der Waals surface area contributed by atoms with E-state index in [1.165, 1.54) is 6.20 Å². The van der Waals surface area contributed by atoms with Crippen LogP contribution in [0.1, 0.15) is 22.8 Å². The number of rotatable bonds is 6. The topological polar surface area (TPSA) is 83.7 Å². The van der Waals surface area contributed by atoms with E-state index in [0.29, 0.717) is 17.9 Å². The van der Waals surface area contributed by atoms with E-state index in [1.54, 1.807) is 0 Å². The van der Waals surface area contributed by atoms with Crippen LogP contribution in [0.2, 0.25) is 0 Å². The zero-order valence-electron chi connectivity index (χ0n) is 18.3. The fraction of sp³-hybridized carbons (Fsp3) is 0.333. The molecule has 7 heteroatoms. The largest absolute Gasteiger partial charge is 0.492 e. The monoisotopic (exact) mass is 419 g/mol. The number of pyridine rings is 1. The summed E-state index contributed by atoms with van der Waals surface area (Å²) in [6, 6.07) is 12.0. The first kappa shape index (κ1) is 20.9. The first-order valence-corrected chi connectivity index (χ1v) is 10.6. The first-order chi connectivity index (χ1) is 15.0. The van der Waals surface area contributed by atoms with Crippen LogP contribution in [0, 0.1) is 6.92 Å². The standard InChI is InChI=1S/C24H29N5O2/c1-4-31-22-14-20-18(13-21(22)29-10-8-28(3)9-11-29)23(19(15-26-20)24(25)30)27-17-7-5-6-16(2)12-17/h5-7,12-15H,4,8-11H2,1-3H3,(H2,25,30)(H,26,27). The Bertz CT molecular complexity index is 1110. The van der Waals surface area contributed by atoms with Gasteiger partial charge in [-0.15, -0.1) is 0 Å². The number of hydrogen-bond donors (Lipinski definition) is 2. The molecule has 31 heavy (non-hydrogen) atoms. The molecule has 0 radical (unpaired) electrons. The molecule has 4 rings (SSSR count). The van der Waals surface area contributed by atoms with Gasteiger partial charge >= 0.3 is 0 Å². The van der Waals surface area contributed by atoms with Crippen molar-refractivity contribution in [1.29, 1.82) is 0 Å². The molecule has 1 aromatic heterocycles. The number of aromatic nitrogens is 1. The van der Waals surface area contributed by atoms with Gasteiger partial charge in [0.25, 0.3) is 5.91 Å². The number of aryl methyl sites for hydroxylation is 1. The quantitative estimate of drug-likeness (QED) is 0.636. The Hall–Kier alpha value is -3.32. The fourth-order valence-electron chi connectivity index (χ4n) is 3.96. The first-order valence-electron chi connectivity index (χ1n) is 10.6. The molecule has 2 aromatic carbocycles. The molecule has 1 fully saturated rings. The Morgan fingerprint density at radius 1 is 1.19 bits per heavy atom. The molecule has 0 bridgehead atoms. The van der Waals surface area contributed by atoms with Crippen molar-refractivity contribution in [2.24, 2.45) is 5.73 Å². The molecule has 3 aromatic rings. The molecule has 2 heterocycles. The van der Waals surface area contributed by atoms with Crippen LogP contribution in [-0.4, -0.2) is 55.6 Å².